The molecule has 1 amide bonds. The van der Waals surface area contributed by atoms with Crippen LogP contribution in [0.4, 0.5) is 4.39 Å². The fraction of sp³-hybridized carbons (Fsp3) is 0.231. The number of halogens is 1. The van der Waals surface area contributed by atoms with Crippen LogP contribution in [0.1, 0.15) is 33.2 Å². The number of carbonyl (C=O) groups is 2. The summed E-state index contributed by atoms with van der Waals surface area (Å²) in [6.07, 6.45) is -2.32. The molecule has 0 aliphatic rings. The number of Topliss-reactive ketones (excluding diaryl/α,β-unsaturated/α-hetero) is 1. The van der Waals surface area contributed by atoms with Crippen molar-refractivity contribution in [2.75, 3.05) is 7.05 Å². The number of carbonyl (C=O) groups excluding carboxylic acids is 2. The molecule has 1 aromatic rings. The van der Waals surface area contributed by atoms with Crippen molar-refractivity contribution in [1.82, 2.24) is 5.32 Å². The molecular formula is C13H14FNO4. The Bertz CT molecular complexity index is 552. The average Bonchev–Trinajstić information content (AvgIpc) is 2.35. The monoisotopic (exact) mass is 267 g/mol. The minimum atomic E-state index is -2.32. The van der Waals surface area contributed by atoms with Crippen LogP contribution in [0.5, 0.6) is 0 Å². The lowest BCUT2D eigenvalue weighted by atomic mass is 9.95. The summed E-state index contributed by atoms with van der Waals surface area (Å²) in [6.45, 7) is 5.10. The van der Waals surface area contributed by atoms with E-state index in [-0.39, 0.29) is 11.1 Å². The van der Waals surface area contributed by atoms with Crippen molar-refractivity contribution in [3.63, 3.8) is 0 Å². The molecule has 0 bridgehead atoms. The van der Waals surface area contributed by atoms with Gasteiger partial charge in [0.15, 0.2) is 0 Å². The maximum absolute atomic E-state index is 13.9. The quantitative estimate of drug-likeness (QED) is 0.554. The summed E-state index contributed by atoms with van der Waals surface area (Å²) in [5.74, 6) is -2.71. The smallest absolute Gasteiger partial charge is 0.251 e. The molecule has 0 spiro atoms. The number of aliphatic hydroxyl groups excluding tert-OH is 1. The lowest BCUT2D eigenvalue weighted by Crippen LogP contribution is -2.24. The van der Waals surface area contributed by atoms with Crippen LogP contribution in [0.2, 0.25) is 0 Å². The first kappa shape index (κ1) is 15.0. The number of hydrogen-bond donors (Lipinski definition) is 3. The Morgan fingerprint density at radius 2 is 1.95 bits per heavy atom. The summed E-state index contributed by atoms with van der Waals surface area (Å²) in [5.41, 5.74) is -0.0810. The first-order chi connectivity index (χ1) is 8.79. The van der Waals surface area contributed by atoms with Crippen molar-refractivity contribution >= 4 is 17.3 Å². The van der Waals surface area contributed by atoms with Crippen LogP contribution in [0.3, 0.4) is 0 Å². The number of rotatable bonds is 4. The Labute approximate surface area is 109 Å². The molecular weight excluding hydrogens is 253 g/mol. The van der Waals surface area contributed by atoms with Crippen LogP contribution in [0, 0.1) is 5.82 Å². The fourth-order valence-corrected chi connectivity index (χ4v) is 1.60. The molecule has 1 aromatic carbocycles. The van der Waals surface area contributed by atoms with Crippen LogP contribution in [0.25, 0.3) is 5.57 Å². The van der Waals surface area contributed by atoms with E-state index in [9.17, 15) is 14.0 Å². The molecule has 6 heteroatoms. The number of nitrogens with one attached hydrogen (secondary N) is 1. The molecule has 102 valence electrons. The molecule has 0 fully saturated rings. The highest BCUT2D eigenvalue weighted by Crippen LogP contribution is 2.24. The number of allylic oxidation sites excluding steroid dienone is 1. The Morgan fingerprint density at radius 3 is 2.37 bits per heavy atom. The second kappa shape index (κ2) is 5.73. The van der Waals surface area contributed by atoms with Crippen molar-refractivity contribution < 1.29 is 24.2 Å². The van der Waals surface area contributed by atoms with E-state index in [0.29, 0.717) is 5.57 Å². The molecule has 19 heavy (non-hydrogen) atoms. The largest absolute Gasteiger partial charge is 0.362 e. The predicted molar refractivity (Wildman–Crippen MR) is 67.1 cm³/mol. The first-order valence-corrected chi connectivity index (χ1v) is 5.41. The fourth-order valence-electron chi connectivity index (χ4n) is 1.60. The minimum absolute atomic E-state index is 0.0157. The van der Waals surface area contributed by atoms with E-state index >= 15 is 0 Å². The molecule has 0 atom stereocenters. The van der Waals surface area contributed by atoms with Gasteiger partial charge in [0.1, 0.15) is 5.82 Å². The van der Waals surface area contributed by atoms with Crippen LogP contribution in [0.15, 0.2) is 18.7 Å². The van der Waals surface area contributed by atoms with Gasteiger partial charge in [0.25, 0.3) is 5.91 Å². The third-order valence-corrected chi connectivity index (χ3v) is 2.52. The van der Waals surface area contributed by atoms with E-state index in [1.54, 1.807) is 0 Å². The molecule has 0 heterocycles. The van der Waals surface area contributed by atoms with Gasteiger partial charge in [-0.2, -0.15) is 0 Å². The third-order valence-electron chi connectivity index (χ3n) is 2.52. The minimum Gasteiger partial charge on any atom is -0.362 e. The van der Waals surface area contributed by atoms with Gasteiger partial charge >= 0.3 is 0 Å². The van der Waals surface area contributed by atoms with E-state index in [0.717, 1.165) is 6.07 Å². The van der Waals surface area contributed by atoms with Crippen LogP contribution >= 0.6 is 0 Å². The SMILES string of the molecule is C=C(C)c1cc(C(=O)NC)cc(F)c1C(=O)C(O)O. The molecule has 0 saturated carbocycles. The maximum atomic E-state index is 13.9. The lowest BCUT2D eigenvalue weighted by Gasteiger charge is -2.12. The molecule has 5 nitrogen and oxygen atoms in total. The average molecular weight is 267 g/mol. The van der Waals surface area contributed by atoms with Gasteiger partial charge in [0.2, 0.25) is 12.1 Å². The highest BCUT2D eigenvalue weighted by atomic mass is 19.1. The van der Waals surface area contributed by atoms with Gasteiger partial charge in [-0.15, -0.1) is 0 Å². The van der Waals surface area contributed by atoms with Gasteiger partial charge in [-0.25, -0.2) is 4.39 Å². The summed E-state index contributed by atoms with van der Waals surface area (Å²) in [7, 11) is 1.39. The van der Waals surface area contributed by atoms with Gasteiger partial charge in [-0.05, 0) is 24.6 Å². The zero-order chi connectivity index (χ0) is 14.7. The molecule has 3 N–H and O–H groups in total. The van der Waals surface area contributed by atoms with Crippen molar-refractivity contribution in [2.45, 2.75) is 13.2 Å². The second-order valence-corrected chi connectivity index (χ2v) is 3.98. The first-order valence-electron chi connectivity index (χ1n) is 5.41. The molecule has 0 saturated heterocycles. The van der Waals surface area contributed by atoms with E-state index in [4.69, 9.17) is 10.2 Å². The van der Waals surface area contributed by atoms with Crippen LogP contribution in [-0.4, -0.2) is 35.2 Å². The Balaban J connectivity index is 3.52. The molecule has 0 unspecified atom stereocenters. The number of amides is 1. The molecule has 0 radical (unpaired) electrons. The number of hydrogen-bond acceptors (Lipinski definition) is 4. The van der Waals surface area contributed by atoms with Gasteiger partial charge < -0.3 is 15.5 Å². The summed E-state index contributed by atoms with van der Waals surface area (Å²) in [6, 6.07) is 2.14. The van der Waals surface area contributed by atoms with Gasteiger partial charge in [0, 0.05) is 12.6 Å². The predicted octanol–water partition coefficient (Wildman–Crippen LogP) is 0.712. The summed E-state index contributed by atoms with van der Waals surface area (Å²) in [5, 5.41) is 20.0. The van der Waals surface area contributed by atoms with Crippen molar-refractivity contribution in [3.8, 4) is 0 Å². The normalized spacial score (nSPS) is 10.4. The van der Waals surface area contributed by atoms with Gasteiger partial charge in [0.05, 0.1) is 5.56 Å². The zero-order valence-corrected chi connectivity index (χ0v) is 10.5. The Morgan fingerprint density at radius 1 is 1.37 bits per heavy atom. The summed E-state index contributed by atoms with van der Waals surface area (Å²) < 4.78 is 13.9. The van der Waals surface area contributed by atoms with Crippen molar-refractivity contribution in [2.24, 2.45) is 0 Å². The van der Waals surface area contributed by atoms with E-state index in [2.05, 4.69) is 11.9 Å². The standard InChI is InChI=1S/C13H14FNO4/c1-6(2)8-4-7(12(17)15-3)5-9(14)10(8)11(16)13(18)19/h4-5,13,18-19H,1H2,2-3H3,(H,15,17). The van der Waals surface area contributed by atoms with Crippen LogP contribution in [-0.2, 0) is 0 Å². The van der Waals surface area contributed by atoms with E-state index in [1.165, 1.54) is 20.0 Å². The van der Waals surface area contributed by atoms with Gasteiger partial charge in [-0.1, -0.05) is 12.2 Å². The summed E-state index contributed by atoms with van der Waals surface area (Å²) in [4.78, 5) is 23.0. The topological polar surface area (TPSA) is 86.6 Å². The molecule has 0 aromatic heterocycles. The number of aliphatic hydroxyl groups is 2. The number of ketones is 1. The highest BCUT2D eigenvalue weighted by molar-refractivity contribution is 6.04. The maximum Gasteiger partial charge on any atom is 0.251 e. The highest BCUT2D eigenvalue weighted by Gasteiger charge is 2.24. The van der Waals surface area contributed by atoms with E-state index < -0.39 is 29.4 Å². The molecule has 0 aliphatic carbocycles. The van der Waals surface area contributed by atoms with Crippen molar-refractivity contribution in [3.05, 3.63) is 41.2 Å². The summed E-state index contributed by atoms with van der Waals surface area (Å²) >= 11 is 0. The Hall–Kier alpha value is -2.05. The van der Waals surface area contributed by atoms with E-state index in [1.807, 2.05) is 0 Å². The molecule has 1 rings (SSSR count). The van der Waals surface area contributed by atoms with Crippen molar-refractivity contribution in [1.29, 1.82) is 0 Å². The Kier molecular flexibility index (Phi) is 4.52. The second-order valence-electron chi connectivity index (χ2n) is 3.98. The lowest BCUT2D eigenvalue weighted by molar-refractivity contribution is -0.0198. The molecule has 0 aliphatic heterocycles. The van der Waals surface area contributed by atoms with Gasteiger partial charge in [-0.3, -0.25) is 9.59 Å². The third kappa shape index (κ3) is 3.04. The zero-order valence-electron chi connectivity index (χ0n) is 10.5. The number of benzene rings is 1. The van der Waals surface area contributed by atoms with Crippen LogP contribution < -0.4 is 5.32 Å².